The Morgan fingerprint density at radius 3 is 2.91 bits per heavy atom. The van der Waals surface area contributed by atoms with Gasteiger partial charge in [0.25, 0.3) is 0 Å². The second kappa shape index (κ2) is 6.10. The minimum absolute atomic E-state index is 0.000630. The van der Waals surface area contributed by atoms with Crippen LogP contribution in [0.5, 0.6) is 0 Å². The monoisotopic (exact) mass is 347 g/mol. The molecule has 1 aliphatic carbocycles. The van der Waals surface area contributed by atoms with Crippen molar-refractivity contribution in [2.24, 2.45) is 5.92 Å². The first kappa shape index (κ1) is 15.5. The Labute approximate surface area is 144 Å². The molecule has 0 bridgehead atoms. The van der Waals surface area contributed by atoms with Crippen molar-refractivity contribution in [3.05, 3.63) is 35.5 Å². The van der Waals surface area contributed by atoms with E-state index in [0.717, 1.165) is 24.3 Å². The van der Waals surface area contributed by atoms with Crippen molar-refractivity contribution in [3.8, 4) is 0 Å². The van der Waals surface area contributed by atoms with E-state index in [2.05, 4.69) is 29.2 Å². The minimum Gasteiger partial charge on any atom is -0.466 e. The van der Waals surface area contributed by atoms with Gasteiger partial charge < -0.3 is 9.72 Å². The van der Waals surface area contributed by atoms with E-state index in [1.54, 1.807) is 0 Å². The number of hydrogen-bond donors (Lipinski definition) is 1. The van der Waals surface area contributed by atoms with Crippen molar-refractivity contribution in [1.29, 1.82) is 0 Å². The highest BCUT2D eigenvalue weighted by Crippen LogP contribution is 2.61. The highest BCUT2D eigenvalue weighted by Gasteiger charge is 2.50. The Morgan fingerprint density at radius 2 is 2.13 bits per heavy atom. The van der Waals surface area contributed by atoms with Gasteiger partial charge in [0.05, 0.1) is 13.0 Å². The summed E-state index contributed by atoms with van der Waals surface area (Å²) in [6, 6.07) is 8.57. The van der Waals surface area contributed by atoms with Crippen LogP contribution in [0.2, 0.25) is 0 Å². The van der Waals surface area contributed by atoms with Crippen LogP contribution in [-0.2, 0) is 20.0 Å². The van der Waals surface area contributed by atoms with Crippen LogP contribution >= 0.6 is 23.5 Å². The second-order valence-corrected chi connectivity index (χ2v) is 9.07. The van der Waals surface area contributed by atoms with Gasteiger partial charge in [-0.1, -0.05) is 18.2 Å². The van der Waals surface area contributed by atoms with Crippen LogP contribution in [0.15, 0.2) is 24.3 Å². The molecule has 1 aromatic carbocycles. The fourth-order valence-corrected chi connectivity index (χ4v) is 7.55. The predicted octanol–water partition coefficient (Wildman–Crippen LogP) is 4.32. The van der Waals surface area contributed by atoms with Gasteiger partial charge in [-0.3, -0.25) is 4.79 Å². The van der Waals surface area contributed by atoms with E-state index in [4.69, 9.17) is 4.74 Å². The van der Waals surface area contributed by atoms with Gasteiger partial charge >= 0.3 is 5.97 Å². The van der Waals surface area contributed by atoms with Gasteiger partial charge in [0.2, 0.25) is 0 Å². The fourth-order valence-electron chi connectivity index (χ4n) is 3.94. The van der Waals surface area contributed by atoms with Gasteiger partial charge in [0.15, 0.2) is 0 Å². The molecule has 3 nitrogen and oxygen atoms in total. The van der Waals surface area contributed by atoms with Crippen LogP contribution < -0.4 is 0 Å². The number of aryl methyl sites for hydroxylation is 1. The molecular formula is C18H21NO2S2. The molecule has 1 spiro atoms. The summed E-state index contributed by atoms with van der Waals surface area (Å²) in [5.41, 5.74) is 4.04. The Hall–Kier alpha value is -1.07. The molecule has 122 valence electrons. The minimum atomic E-state index is -0.0514. The first-order valence-corrected chi connectivity index (χ1v) is 10.3. The van der Waals surface area contributed by atoms with Crippen molar-refractivity contribution >= 4 is 40.4 Å². The van der Waals surface area contributed by atoms with Crippen molar-refractivity contribution < 1.29 is 9.53 Å². The normalized spacial score (nSPS) is 22.4. The van der Waals surface area contributed by atoms with Crippen molar-refractivity contribution in [2.75, 3.05) is 18.1 Å². The van der Waals surface area contributed by atoms with Crippen LogP contribution in [0.25, 0.3) is 10.9 Å². The summed E-state index contributed by atoms with van der Waals surface area (Å²) in [6.07, 6.45) is 2.64. The number of hydrogen-bond acceptors (Lipinski definition) is 4. The van der Waals surface area contributed by atoms with Gasteiger partial charge in [-0.05, 0) is 37.3 Å². The number of nitrogens with one attached hydrogen (secondary N) is 1. The average Bonchev–Trinajstić information content (AvgIpc) is 3.17. The highest BCUT2D eigenvalue weighted by atomic mass is 32.2. The topological polar surface area (TPSA) is 42.1 Å². The van der Waals surface area contributed by atoms with E-state index in [-0.39, 0.29) is 10.0 Å². The first-order chi connectivity index (χ1) is 11.2. The number of benzene rings is 1. The molecule has 2 heterocycles. The molecule has 23 heavy (non-hydrogen) atoms. The summed E-state index contributed by atoms with van der Waals surface area (Å²) >= 11 is 4.03. The molecule has 0 radical (unpaired) electrons. The lowest BCUT2D eigenvalue weighted by Crippen LogP contribution is -2.34. The van der Waals surface area contributed by atoms with Crippen LogP contribution in [0.3, 0.4) is 0 Å². The number of H-pyrrole nitrogens is 1. The molecule has 0 amide bonds. The maximum absolute atomic E-state index is 12.1. The maximum atomic E-state index is 12.1. The molecule has 1 atom stereocenters. The van der Waals surface area contributed by atoms with Crippen molar-refractivity contribution in [3.63, 3.8) is 0 Å². The Morgan fingerprint density at radius 1 is 1.35 bits per heavy atom. The van der Waals surface area contributed by atoms with Crippen LogP contribution in [0.1, 0.15) is 31.0 Å². The van der Waals surface area contributed by atoms with E-state index in [1.807, 2.05) is 30.4 Å². The molecule has 1 unspecified atom stereocenters. The molecule has 4 rings (SSSR count). The molecule has 0 saturated carbocycles. The Bertz CT molecular complexity index is 734. The molecule has 2 aromatic rings. The van der Waals surface area contributed by atoms with E-state index < -0.39 is 0 Å². The molecule has 1 saturated heterocycles. The number of esters is 1. The van der Waals surface area contributed by atoms with E-state index in [9.17, 15) is 4.79 Å². The SMILES string of the molecule is CCOC(=O)CC1CCc2c([nH]c3ccccc23)C12SCCS2. The number of fused-ring (bicyclic) bond motifs is 4. The molecule has 1 aromatic heterocycles. The lowest BCUT2D eigenvalue weighted by Gasteiger charge is -2.39. The summed E-state index contributed by atoms with van der Waals surface area (Å²) in [5.74, 6) is 2.60. The summed E-state index contributed by atoms with van der Waals surface area (Å²) in [5, 5.41) is 1.35. The van der Waals surface area contributed by atoms with Crippen LogP contribution in [0.4, 0.5) is 0 Å². The third-order valence-corrected chi connectivity index (χ3v) is 8.59. The molecule has 5 heteroatoms. The smallest absolute Gasteiger partial charge is 0.306 e. The standard InChI is InChI=1S/C18H21NO2S2/c1-2-21-16(20)11-12-7-8-14-13-5-3-4-6-15(13)19-17(14)18(12)22-9-10-23-18/h3-6,12,19H,2,7-11H2,1H3. The molecule has 1 N–H and O–H groups in total. The number of para-hydroxylation sites is 1. The number of aromatic amines is 1. The Balaban J connectivity index is 1.76. The van der Waals surface area contributed by atoms with Gasteiger partial charge in [-0.15, -0.1) is 23.5 Å². The molecular weight excluding hydrogens is 326 g/mol. The van der Waals surface area contributed by atoms with Crippen LogP contribution in [0, 0.1) is 5.92 Å². The summed E-state index contributed by atoms with van der Waals surface area (Å²) < 4.78 is 5.23. The second-order valence-electron chi connectivity index (χ2n) is 6.13. The largest absolute Gasteiger partial charge is 0.466 e. The zero-order valence-electron chi connectivity index (χ0n) is 13.3. The van der Waals surface area contributed by atoms with Gasteiger partial charge in [0, 0.05) is 28.1 Å². The molecule has 1 fully saturated rings. The van der Waals surface area contributed by atoms with E-state index in [0.29, 0.717) is 18.9 Å². The highest BCUT2D eigenvalue weighted by molar-refractivity contribution is 8.20. The van der Waals surface area contributed by atoms with Gasteiger partial charge in [-0.2, -0.15) is 0 Å². The van der Waals surface area contributed by atoms with E-state index in [1.165, 1.54) is 22.2 Å². The summed E-state index contributed by atoms with van der Waals surface area (Å²) in [4.78, 5) is 15.8. The summed E-state index contributed by atoms with van der Waals surface area (Å²) in [6.45, 7) is 2.35. The molecule has 1 aliphatic heterocycles. The zero-order chi connectivity index (χ0) is 15.9. The third kappa shape index (κ3) is 2.49. The van der Waals surface area contributed by atoms with Gasteiger partial charge in [-0.25, -0.2) is 0 Å². The number of ether oxygens (including phenoxy) is 1. The number of carbonyl (C=O) groups is 1. The number of rotatable bonds is 3. The number of carbonyl (C=O) groups excluding carboxylic acids is 1. The van der Waals surface area contributed by atoms with Crippen molar-refractivity contribution in [2.45, 2.75) is 30.3 Å². The maximum Gasteiger partial charge on any atom is 0.306 e. The van der Waals surface area contributed by atoms with E-state index >= 15 is 0 Å². The first-order valence-electron chi connectivity index (χ1n) is 8.28. The lowest BCUT2D eigenvalue weighted by molar-refractivity contribution is -0.144. The quantitative estimate of drug-likeness (QED) is 0.840. The molecule has 2 aliphatic rings. The van der Waals surface area contributed by atoms with Crippen LogP contribution in [-0.4, -0.2) is 29.1 Å². The zero-order valence-corrected chi connectivity index (χ0v) is 14.9. The average molecular weight is 348 g/mol. The van der Waals surface area contributed by atoms with Crippen molar-refractivity contribution in [1.82, 2.24) is 4.98 Å². The lowest BCUT2D eigenvalue weighted by atomic mass is 9.84. The predicted molar refractivity (Wildman–Crippen MR) is 98.0 cm³/mol. The third-order valence-electron chi connectivity index (χ3n) is 4.88. The van der Waals surface area contributed by atoms with Gasteiger partial charge in [0.1, 0.15) is 4.08 Å². The number of aromatic nitrogens is 1. The summed E-state index contributed by atoms with van der Waals surface area (Å²) in [7, 11) is 0. The number of thioether (sulfide) groups is 2. The Kier molecular flexibility index (Phi) is 4.10. The fraction of sp³-hybridized carbons (Fsp3) is 0.500.